The van der Waals surface area contributed by atoms with Crippen LogP contribution in [0.2, 0.25) is 0 Å². The molecule has 2 aromatic heterocycles. The fraction of sp³-hybridized carbons (Fsp3) is 0.368. The standard InChI is InChI=1S/C19H22N4O4/c1-3-8-23-18(25)14(17(24)22-19(23)26)16-15-11(6-7-20-16)12-9-10(27-2)4-5-13(12)21-15/h4-5,9,16,20-21,25H,3,6-8H2,1-2H3,(H,22,24,26). The van der Waals surface area contributed by atoms with E-state index in [0.717, 1.165) is 34.3 Å². The quantitative estimate of drug-likeness (QED) is 0.554. The Bertz CT molecular complexity index is 1130. The Balaban J connectivity index is 1.92. The first kappa shape index (κ1) is 17.4. The molecule has 142 valence electrons. The van der Waals surface area contributed by atoms with Gasteiger partial charge in [0.1, 0.15) is 11.3 Å². The molecule has 27 heavy (non-hydrogen) atoms. The smallest absolute Gasteiger partial charge is 0.331 e. The lowest BCUT2D eigenvalue weighted by atomic mass is 9.95. The van der Waals surface area contributed by atoms with E-state index < -0.39 is 17.3 Å². The molecule has 1 aliphatic rings. The van der Waals surface area contributed by atoms with E-state index in [2.05, 4.69) is 15.3 Å². The van der Waals surface area contributed by atoms with Gasteiger partial charge in [-0.15, -0.1) is 0 Å². The van der Waals surface area contributed by atoms with E-state index in [1.165, 1.54) is 4.57 Å². The normalized spacial score (nSPS) is 16.4. The zero-order valence-electron chi connectivity index (χ0n) is 15.3. The molecule has 0 fully saturated rings. The van der Waals surface area contributed by atoms with Crippen LogP contribution in [0, 0.1) is 0 Å². The van der Waals surface area contributed by atoms with Crippen LogP contribution >= 0.6 is 0 Å². The Labute approximate surface area is 154 Å². The molecule has 0 aliphatic carbocycles. The molecule has 4 rings (SSSR count). The molecule has 3 aromatic rings. The van der Waals surface area contributed by atoms with E-state index in [0.29, 0.717) is 19.5 Å². The van der Waals surface area contributed by atoms with Crippen LogP contribution in [-0.2, 0) is 13.0 Å². The Morgan fingerprint density at radius 3 is 2.85 bits per heavy atom. The van der Waals surface area contributed by atoms with Gasteiger partial charge in [-0.1, -0.05) is 6.92 Å². The summed E-state index contributed by atoms with van der Waals surface area (Å²) in [5, 5.41) is 15.0. The Hall–Kier alpha value is -3.00. The number of benzene rings is 1. The predicted molar refractivity (Wildman–Crippen MR) is 102 cm³/mol. The number of fused-ring (bicyclic) bond motifs is 3. The van der Waals surface area contributed by atoms with Gasteiger partial charge in [0.2, 0.25) is 5.88 Å². The van der Waals surface area contributed by atoms with Crippen LogP contribution in [0.1, 0.15) is 36.2 Å². The van der Waals surface area contributed by atoms with Crippen LogP contribution in [-0.4, -0.2) is 33.3 Å². The number of aromatic amines is 2. The van der Waals surface area contributed by atoms with E-state index in [-0.39, 0.29) is 11.4 Å². The molecule has 8 nitrogen and oxygen atoms in total. The molecule has 1 unspecified atom stereocenters. The van der Waals surface area contributed by atoms with Gasteiger partial charge in [-0.25, -0.2) is 4.79 Å². The van der Waals surface area contributed by atoms with Gasteiger partial charge in [0.15, 0.2) is 0 Å². The summed E-state index contributed by atoms with van der Waals surface area (Å²) in [6.07, 6.45) is 1.45. The van der Waals surface area contributed by atoms with Crippen LogP contribution in [0.15, 0.2) is 27.8 Å². The van der Waals surface area contributed by atoms with Gasteiger partial charge in [0.25, 0.3) is 5.56 Å². The fourth-order valence-electron chi connectivity index (χ4n) is 3.85. The lowest BCUT2D eigenvalue weighted by Crippen LogP contribution is -2.39. The zero-order valence-corrected chi connectivity index (χ0v) is 15.3. The average Bonchev–Trinajstić information content (AvgIpc) is 3.03. The predicted octanol–water partition coefficient (Wildman–Crippen LogP) is 1.38. The van der Waals surface area contributed by atoms with Crippen molar-refractivity contribution >= 4 is 10.9 Å². The molecule has 0 radical (unpaired) electrons. The van der Waals surface area contributed by atoms with Crippen molar-refractivity contribution in [3.63, 3.8) is 0 Å². The van der Waals surface area contributed by atoms with Crippen LogP contribution in [0.3, 0.4) is 0 Å². The van der Waals surface area contributed by atoms with Crippen LogP contribution < -0.4 is 21.3 Å². The van der Waals surface area contributed by atoms with Gasteiger partial charge in [-0.2, -0.15) is 0 Å². The average molecular weight is 370 g/mol. The van der Waals surface area contributed by atoms with Gasteiger partial charge < -0.3 is 20.1 Å². The van der Waals surface area contributed by atoms with E-state index in [1.807, 2.05) is 25.1 Å². The lowest BCUT2D eigenvalue weighted by molar-refractivity contribution is 0.381. The Morgan fingerprint density at radius 2 is 2.11 bits per heavy atom. The highest BCUT2D eigenvalue weighted by molar-refractivity contribution is 5.86. The van der Waals surface area contributed by atoms with Gasteiger partial charge in [0.05, 0.1) is 13.2 Å². The van der Waals surface area contributed by atoms with E-state index in [1.54, 1.807) is 7.11 Å². The van der Waals surface area contributed by atoms with E-state index in [9.17, 15) is 14.7 Å². The van der Waals surface area contributed by atoms with E-state index >= 15 is 0 Å². The summed E-state index contributed by atoms with van der Waals surface area (Å²) in [5.41, 5.74) is 1.83. The van der Waals surface area contributed by atoms with Gasteiger partial charge in [-0.05, 0) is 36.6 Å². The molecule has 0 bridgehead atoms. The summed E-state index contributed by atoms with van der Waals surface area (Å²) in [7, 11) is 1.62. The third-order valence-corrected chi connectivity index (χ3v) is 5.10. The van der Waals surface area contributed by atoms with Crippen LogP contribution in [0.25, 0.3) is 10.9 Å². The number of nitrogens with one attached hydrogen (secondary N) is 3. The van der Waals surface area contributed by atoms with Crippen molar-refractivity contribution in [3.05, 3.63) is 55.9 Å². The van der Waals surface area contributed by atoms with Crippen LogP contribution in [0.5, 0.6) is 11.6 Å². The summed E-state index contributed by atoms with van der Waals surface area (Å²) in [5.74, 6) is 0.476. The number of aromatic nitrogens is 3. The van der Waals surface area contributed by atoms with Crippen molar-refractivity contribution in [3.8, 4) is 11.6 Å². The highest BCUT2D eigenvalue weighted by Gasteiger charge is 2.31. The summed E-state index contributed by atoms with van der Waals surface area (Å²) < 4.78 is 6.53. The van der Waals surface area contributed by atoms with Crippen molar-refractivity contribution in [2.45, 2.75) is 32.4 Å². The molecule has 3 heterocycles. The Kier molecular flexibility index (Phi) is 4.27. The third-order valence-electron chi connectivity index (χ3n) is 5.10. The molecule has 1 atom stereocenters. The number of ether oxygens (including phenoxy) is 1. The summed E-state index contributed by atoms with van der Waals surface area (Å²) in [6.45, 7) is 2.88. The van der Waals surface area contributed by atoms with Crippen molar-refractivity contribution < 1.29 is 9.84 Å². The first-order valence-corrected chi connectivity index (χ1v) is 9.03. The fourth-order valence-corrected chi connectivity index (χ4v) is 3.85. The molecule has 4 N–H and O–H groups in total. The molecule has 0 amide bonds. The van der Waals surface area contributed by atoms with Gasteiger partial charge in [-0.3, -0.25) is 14.3 Å². The molecule has 1 aromatic carbocycles. The first-order valence-electron chi connectivity index (χ1n) is 9.03. The maximum Gasteiger partial charge on any atom is 0.331 e. The topological polar surface area (TPSA) is 112 Å². The minimum Gasteiger partial charge on any atom is -0.497 e. The van der Waals surface area contributed by atoms with Crippen LogP contribution in [0.4, 0.5) is 0 Å². The van der Waals surface area contributed by atoms with Crippen molar-refractivity contribution in [2.75, 3.05) is 13.7 Å². The number of nitrogens with zero attached hydrogens (tertiary/aromatic N) is 1. The number of H-pyrrole nitrogens is 2. The second kappa shape index (κ2) is 6.62. The number of hydrogen-bond acceptors (Lipinski definition) is 5. The number of rotatable bonds is 4. The van der Waals surface area contributed by atoms with E-state index in [4.69, 9.17) is 4.74 Å². The minimum absolute atomic E-state index is 0.155. The van der Waals surface area contributed by atoms with Crippen molar-refractivity contribution in [1.82, 2.24) is 19.9 Å². The second-order valence-corrected chi connectivity index (χ2v) is 6.71. The molecular weight excluding hydrogens is 348 g/mol. The monoisotopic (exact) mass is 370 g/mol. The largest absolute Gasteiger partial charge is 0.497 e. The highest BCUT2D eigenvalue weighted by Crippen LogP contribution is 2.36. The Morgan fingerprint density at radius 1 is 1.30 bits per heavy atom. The lowest BCUT2D eigenvalue weighted by Gasteiger charge is -2.25. The third kappa shape index (κ3) is 2.73. The summed E-state index contributed by atoms with van der Waals surface area (Å²) >= 11 is 0. The maximum atomic E-state index is 12.5. The number of methoxy groups -OCH3 is 1. The SMILES string of the molecule is CCCn1c(O)c(C2NCCc3c2[nH]c2ccc(OC)cc32)c(=O)[nH]c1=O. The highest BCUT2D eigenvalue weighted by atomic mass is 16.5. The summed E-state index contributed by atoms with van der Waals surface area (Å²) in [4.78, 5) is 30.3. The second-order valence-electron chi connectivity index (χ2n) is 6.71. The number of hydrogen-bond donors (Lipinski definition) is 4. The van der Waals surface area contributed by atoms with Crippen molar-refractivity contribution in [1.29, 1.82) is 0 Å². The van der Waals surface area contributed by atoms with Gasteiger partial charge >= 0.3 is 5.69 Å². The first-order chi connectivity index (χ1) is 13.0. The molecular formula is C19H22N4O4. The zero-order chi connectivity index (χ0) is 19.1. The number of aromatic hydroxyl groups is 1. The maximum absolute atomic E-state index is 12.5. The van der Waals surface area contributed by atoms with Gasteiger partial charge in [0, 0.05) is 29.7 Å². The molecule has 0 spiro atoms. The molecule has 0 saturated carbocycles. The van der Waals surface area contributed by atoms with Crippen molar-refractivity contribution in [2.24, 2.45) is 0 Å². The molecule has 8 heteroatoms. The summed E-state index contributed by atoms with van der Waals surface area (Å²) in [6, 6.07) is 5.25. The minimum atomic E-state index is -0.597. The molecule has 0 saturated heterocycles. The molecule has 1 aliphatic heterocycles.